The molecule has 4 rings (SSSR count). The lowest BCUT2D eigenvalue weighted by atomic mass is 10.0. The second-order valence-electron chi connectivity index (χ2n) is 6.37. The molecule has 0 bridgehead atoms. The highest BCUT2D eigenvalue weighted by atomic mass is 16.5. The molecule has 6 heteroatoms. The number of rotatable bonds is 3. The topological polar surface area (TPSA) is 75.4 Å². The van der Waals surface area contributed by atoms with Crippen LogP contribution in [0.5, 0.6) is 0 Å². The summed E-state index contributed by atoms with van der Waals surface area (Å²) in [5.74, 6) is -0.101. The summed E-state index contributed by atoms with van der Waals surface area (Å²) < 4.78 is 5.30. The number of hydrogen-bond acceptors (Lipinski definition) is 4. The van der Waals surface area contributed by atoms with Crippen LogP contribution in [-0.2, 0) is 16.0 Å². The summed E-state index contributed by atoms with van der Waals surface area (Å²) in [6.07, 6.45) is 0.407. The van der Waals surface area contributed by atoms with Gasteiger partial charge in [-0.1, -0.05) is 47.6 Å². The molecule has 0 spiro atoms. The summed E-state index contributed by atoms with van der Waals surface area (Å²) in [6.45, 7) is 0.924. The first-order chi connectivity index (χ1) is 12.7. The number of benzene rings is 2. The lowest BCUT2D eigenvalue weighted by Gasteiger charge is -2.29. The van der Waals surface area contributed by atoms with Crippen molar-refractivity contribution in [2.45, 2.75) is 18.9 Å². The fourth-order valence-corrected chi connectivity index (χ4v) is 3.41. The van der Waals surface area contributed by atoms with Crippen LogP contribution in [0.25, 0.3) is 11.0 Å². The molecule has 0 unspecified atom stereocenters. The van der Waals surface area contributed by atoms with Crippen molar-refractivity contribution in [3.05, 3.63) is 65.9 Å². The second kappa shape index (κ2) is 7.00. The van der Waals surface area contributed by atoms with Crippen LogP contribution in [0.15, 0.2) is 59.1 Å². The fourth-order valence-electron chi connectivity index (χ4n) is 3.41. The lowest BCUT2D eigenvalue weighted by molar-refractivity contribution is -0.133. The minimum absolute atomic E-state index is 0.0407. The highest BCUT2D eigenvalue weighted by molar-refractivity contribution is 5.87. The van der Waals surface area contributed by atoms with Crippen molar-refractivity contribution in [3.8, 4) is 0 Å². The largest absolute Gasteiger partial charge is 0.356 e. The fraction of sp³-hybridized carbons (Fsp3) is 0.250. The molecule has 6 nitrogen and oxygen atoms in total. The zero-order valence-corrected chi connectivity index (χ0v) is 14.2. The van der Waals surface area contributed by atoms with E-state index in [4.69, 9.17) is 4.52 Å². The average molecular weight is 349 g/mol. The monoisotopic (exact) mass is 349 g/mol. The van der Waals surface area contributed by atoms with E-state index in [1.54, 1.807) is 4.90 Å². The number of carbonyl (C=O) groups is 2. The summed E-state index contributed by atoms with van der Waals surface area (Å²) in [5, 5.41) is 7.76. The van der Waals surface area contributed by atoms with Crippen LogP contribution in [0, 0.1) is 0 Å². The molecule has 1 fully saturated rings. The number of nitrogens with zero attached hydrogens (tertiary/aromatic N) is 2. The molecule has 1 saturated heterocycles. The van der Waals surface area contributed by atoms with Crippen LogP contribution in [0.3, 0.4) is 0 Å². The SMILES string of the molecule is O=C1C[C@H](c2ccccc2)N(C(=O)Cc2noc3ccccc23)CCN1. The molecule has 2 aromatic carbocycles. The molecular formula is C20H19N3O3. The summed E-state index contributed by atoms with van der Waals surface area (Å²) in [7, 11) is 0. The zero-order valence-electron chi connectivity index (χ0n) is 14.2. The Morgan fingerprint density at radius 3 is 2.77 bits per heavy atom. The first-order valence-electron chi connectivity index (χ1n) is 8.67. The van der Waals surface area contributed by atoms with Crippen molar-refractivity contribution in [2.75, 3.05) is 13.1 Å². The van der Waals surface area contributed by atoms with Gasteiger partial charge in [0.25, 0.3) is 0 Å². The van der Waals surface area contributed by atoms with Gasteiger partial charge in [0.2, 0.25) is 11.8 Å². The Bertz CT molecular complexity index is 936. The highest BCUT2D eigenvalue weighted by Gasteiger charge is 2.30. The Morgan fingerprint density at radius 1 is 1.15 bits per heavy atom. The lowest BCUT2D eigenvalue weighted by Crippen LogP contribution is -2.37. The van der Waals surface area contributed by atoms with Gasteiger partial charge in [0, 0.05) is 18.5 Å². The molecule has 1 aliphatic rings. The predicted octanol–water partition coefficient (Wildman–Crippen LogP) is 2.46. The normalized spacial score (nSPS) is 17.8. The van der Waals surface area contributed by atoms with Crippen LogP contribution < -0.4 is 5.32 Å². The third kappa shape index (κ3) is 3.18. The van der Waals surface area contributed by atoms with E-state index in [-0.39, 0.29) is 30.7 Å². The van der Waals surface area contributed by atoms with Gasteiger partial charge in [-0.15, -0.1) is 0 Å². The zero-order chi connectivity index (χ0) is 17.9. The van der Waals surface area contributed by atoms with Crippen molar-refractivity contribution in [1.82, 2.24) is 15.4 Å². The highest BCUT2D eigenvalue weighted by Crippen LogP contribution is 2.27. The van der Waals surface area contributed by atoms with Gasteiger partial charge in [-0.3, -0.25) is 9.59 Å². The Labute approximate surface area is 150 Å². The number of aromatic nitrogens is 1. The molecule has 0 aliphatic carbocycles. The Hall–Kier alpha value is -3.15. The van der Waals surface area contributed by atoms with Gasteiger partial charge in [-0.2, -0.15) is 0 Å². The summed E-state index contributed by atoms with van der Waals surface area (Å²) in [6, 6.07) is 16.9. The molecule has 26 heavy (non-hydrogen) atoms. The van der Waals surface area contributed by atoms with Gasteiger partial charge in [-0.25, -0.2) is 0 Å². The number of para-hydroxylation sites is 1. The van der Waals surface area contributed by atoms with Crippen LogP contribution in [0.4, 0.5) is 0 Å². The number of amides is 2. The number of carbonyl (C=O) groups excluding carboxylic acids is 2. The van der Waals surface area contributed by atoms with Gasteiger partial charge in [-0.05, 0) is 17.7 Å². The van der Waals surface area contributed by atoms with E-state index >= 15 is 0 Å². The first kappa shape index (κ1) is 16.3. The van der Waals surface area contributed by atoms with Crippen LogP contribution in [0.2, 0.25) is 0 Å². The number of nitrogens with one attached hydrogen (secondary N) is 1. The molecule has 2 heterocycles. The van der Waals surface area contributed by atoms with Crippen molar-refractivity contribution < 1.29 is 14.1 Å². The van der Waals surface area contributed by atoms with E-state index in [1.807, 2.05) is 54.6 Å². The molecule has 0 saturated carbocycles. The minimum atomic E-state index is -0.274. The summed E-state index contributed by atoms with van der Waals surface area (Å²) in [4.78, 5) is 26.9. The Balaban J connectivity index is 1.62. The maximum absolute atomic E-state index is 13.1. The van der Waals surface area contributed by atoms with Crippen molar-refractivity contribution in [3.63, 3.8) is 0 Å². The predicted molar refractivity (Wildman–Crippen MR) is 96.2 cm³/mol. The molecule has 3 aromatic rings. The van der Waals surface area contributed by atoms with Crippen LogP contribution in [-0.4, -0.2) is 35.0 Å². The molecule has 132 valence electrons. The Morgan fingerprint density at radius 2 is 1.92 bits per heavy atom. The van der Waals surface area contributed by atoms with Crippen LogP contribution in [0.1, 0.15) is 23.7 Å². The number of fused-ring (bicyclic) bond motifs is 1. The maximum atomic E-state index is 13.1. The first-order valence-corrected chi connectivity index (χ1v) is 8.67. The van der Waals surface area contributed by atoms with Gasteiger partial charge < -0.3 is 14.7 Å². The standard InChI is InChI=1S/C20H19N3O3/c24-19-13-17(14-6-2-1-3-7-14)23(11-10-21-19)20(25)12-16-15-8-4-5-9-18(15)26-22-16/h1-9,17H,10-13H2,(H,21,24)/t17-/m1/s1. The molecular weight excluding hydrogens is 330 g/mol. The van der Waals surface area contributed by atoms with Gasteiger partial charge in [0.05, 0.1) is 18.9 Å². The quantitative estimate of drug-likeness (QED) is 0.788. The van der Waals surface area contributed by atoms with Crippen molar-refractivity contribution >= 4 is 22.8 Å². The summed E-state index contributed by atoms with van der Waals surface area (Å²) >= 11 is 0. The van der Waals surface area contributed by atoms with Crippen molar-refractivity contribution in [1.29, 1.82) is 0 Å². The second-order valence-corrected chi connectivity index (χ2v) is 6.37. The smallest absolute Gasteiger partial charge is 0.229 e. The van der Waals surface area contributed by atoms with E-state index in [0.717, 1.165) is 10.9 Å². The van der Waals surface area contributed by atoms with Gasteiger partial charge >= 0.3 is 0 Å². The molecule has 1 aromatic heterocycles. The third-order valence-corrected chi connectivity index (χ3v) is 4.71. The van der Waals surface area contributed by atoms with E-state index in [0.29, 0.717) is 24.4 Å². The average Bonchev–Trinajstić information content (AvgIpc) is 2.96. The van der Waals surface area contributed by atoms with E-state index in [2.05, 4.69) is 10.5 Å². The van der Waals surface area contributed by atoms with E-state index < -0.39 is 0 Å². The maximum Gasteiger partial charge on any atom is 0.229 e. The Kier molecular flexibility index (Phi) is 4.39. The van der Waals surface area contributed by atoms with Gasteiger partial charge in [0.15, 0.2) is 5.58 Å². The molecule has 1 N–H and O–H groups in total. The van der Waals surface area contributed by atoms with E-state index in [1.165, 1.54) is 0 Å². The molecule has 1 atom stereocenters. The molecule has 0 radical (unpaired) electrons. The van der Waals surface area contributed by atoms with Gasteiger partial charge in [0.1, 0.15) is 5.69 Å². The van der Waals surface area contributed by atoms with Crippen LogP contribution >= 0.6 is 0 Å². The summed E-state index contributed by atoms with van der Waals surface area (Å²) in [5.41, 5.74) is 2.26. The van der Waals surface area contributed by atoms with E-state index in [9.17, 15) is 9.59 Å². The molecule has 2 amide bonds. The molecule has 1 aliphatic heterocycles. The number of hydrogen-bond donors (Lipinski definition) is 1. The van der Waals surface area contributed by atoms with Crippen molar-refractivity contribution in [2.24, 2.45) is 0 Å². The third-order valence-electron chi connectivity index (χ3n) is 4.71. The minimum Gasteiger partial charge on any atom is -0.356 e.